The number of ether oxygens (including phenoxy) is 2. The highest BCUT2D eigenvalue weighted by Gasteiger charge is 2.24. The van der Waals surface area contributed by atoms with Gasteiger partial charge in [-0.3, -0.25) is 0 Å². The van der Waals surface area contributed by atoms with Crippen LogP contribution in [0.4, 0.5) is 5.82 Å². The number of hydrogen-bond acceptors (Lipinski definition) is 6. The molecule has 4 rings (SSSR count). The van der Waals surface area contributed by atoms with Crippen molar-refractivity contribution in [2.75, 3.05) is 31.2 Å². The minimum atomic E-state index is -0.502. The minimum Gasteiger partial charge on any atom is -0.487 e. The number of benzene rings is 1. The van der Waals surface area contributed by atoms with Crippen LogP contribution in [-0.4, -0.2) is 47.5 Å². The molecule has 1 N–H and O–H groups in total. The molecule has 2 aromatic rings. The van der Waals surface area contributed by atoms with Crippen LogP contribution in [0.2, 0.25) is 0 Å². The summed E-state index contributed by atoms with van der Waals surface area (Å²) in [6, 6.07) is 8.05. The third-order valence-corrected chi connectivity index (χ3v) is 4.26. The van der Waals surface area contributed by atoms with Crippen LogP contribution in [0.25, 0.3) is 0 Å². The SMILES string of the molecule is OC1COCCN(c2ncnc3c2Cc2ccccc2OC3)C1. The number of fused-ring (bicyclic) bond motifs is 2. The molecule has 120 valence electrons. The second-order valence-corrected chi connectivity index (χ2v) is 5.87. The minimum absolute atomic E-state index is 0.371. The Bertz CT molecular complexity index is 707. The molecule has 0 spiro atoms. The van der Waals surface area contributed by atoms with Gasteiger partial charge in [0, 0.05) is 25.1 Å². The number of hydrogen-bond donors (Lipinski definition) is 1. The van der Waals surface area contributed by atoms with Gasteiger partial charge < -0.3 is 19.5 Å². The van der Waals surface area contributed by atoms with Crippen molar-refractivity contribution in [2.24, 2.45) is 0 Å². The van der Waals surface area contributed by atoms with Crippen LogP contribution in [0.1, 0.15) is 16.8 Å². The van der Waals surface area contributed by atoms with E-state index in [2.05, 4.69) is 20.9 Å². The van der Waals surface area contributed by atoms with E-state index in [1.54, 1.807) is 6.33 Å². The molecule has 0 radical (unpaired) electrons. The maximum atomic E-state index is 10.0. The maximum Gasteiger partial charge on any atom is 0.136 e. The number of aliphatic hydroxyl groups excluding tert-OH is 1. The Morgan fingerprint density at radius 3 is 3.09 bits per heavy atom. The predicted molar refractivity (Wildman–Crippen MR) is 84.7 cm³/mol. The lowest BCUT2D eigenvalue weighted by Crippen LogP contribution is -2.34. The molecule has 0 bridgehead atoms. The van der Waals surface area contributed by atoms with Crippen LogP contribution in [0.15, 0.2) is 30.6 Å². The summed E-state index contributed by atoms with van der Waals surface area (Å²) in [5.41, 5.74) is 3.12. The van der Waals surface area contributed by atoms with Crippen molar-refractivity contribution in [1.82, 2.24) is 9.97 Å². The highest BCUT2D eigenvalue weighted by molar-refractivity contribution is 5.53. The number of β-amino-alcohol motifs (C(OH)–C–C–N with tert-alkyl or cyclic N) is 1. The van der Waals surface area contributed by atoms with E-state index in [1.165, 1.54) is 0 Å². The Morgan fingerprint density at radius 2 is 2.13 bits per heavy atom. The van der Waals surface area contributed by atoms with Crippen LogP contribution in [0.5, 0.6) is 5.75 Å². The topological polar surface area (TPSA) is 67.7 Å². The van der Waals surface area contributed by atoms with E-state index in [-0.39, 0.29) is 0 Å². The molecule has 2 aliphatic heterocycles. The second kappa shape index (κ2) is 6.14. The van der Waals surface area contributed by atoms with Crippen molar-refractivity contribution >= 4 is 5.82 Å². The Morgan fingerprint density at radius 1 is 1.22 bits per heavy atom. The molecule has 1 aromatic carbocycles. The molecule has 0 saturated carbocycles. The first kappa shape index (κ1) is 14.4. The Kier molecular flexibility index (Phi) is 3.85. The summed E-state index contributed by atoms with van der Waals surface area (Å²) in [6.45, 7) is 2.63. The summed E-state index contributed by atoms with van der Waals surface area (Å²) >= 11 is 0. The Labute approximate surface area is 134 Å². The van der Waals surface area contributed by atoms with E-state index in [0.717, 1.165) is 34.8 Å². The molecule has 1 saturated heterocycles. The standard InChI is InChI=1S/C17H19N3O3/c21-13-8-20(5-6-22-9-13)17-14-7-12-3-1-2-4-16(12)23-10-15(14)18-11-19-17/h1-4,11,13,21H,5-10H2. The second-order valence-electron chi connectivity index (χ2n) is 5.87. The van der Waals surface area contributed by atoms with Crippen molar-refractivity contribution in [2.45, 2.75) is 19.1 Å². The third-order valence-electron chi connectivity index (χ3n) is 4.26. The lowest BCUT2D eigenvalue weighted by molar-refractivity contribution is 0.0597. The van der Waals surface area contributed by atoms with Gasteiger partial charge in [-0.15, -0.1) is 0 Å². The quantitative estimate of drug-likeness (QED) is 0.852. The zero-order valence-electron chi connectivity index (χ0n) is 12.8. The number of rotatable bonds is 1. The van der Waals surface area contributed by atoms with Crippen molar-refractivity contribution in [3.8, 4) is 5.75 Å². The van der Waals surface area contributed by atoms with E-state index >= 15 is 0 Å². The predicted octanol–water partition coefficient (Wildman–Crippen LogP) is 1.16. The van der Waals surface area contributed by atoms with E-state index in [9.17, 15) is 5.11 Å². The normalized spacial score (nSPS) is 20.7. The monoisotopic (exact) mass is 313 g/mol. The molecular formula is C17H19N3O3. The lowest BCUT2D eigenvalue weighted by atomic mass is 10.0. The summed E-state index contributed by atoms with van der Waals surface area (Å²) in [4.78, 5) is 11.0. The van der Waals surface area contributed by atoms with Gasteiger partial charge in [-0.2, -0.15) is 0 Å². The molecule has 6 heteroatoms. The highest BCUT2D eigenvalue weighted by Crippen LogP contribution is 2.31. The van der Waals surface area contributed by atoms with Gasteiger partial charge in [-0.1, -0.05) is 18.2 Å². The molecule has 1 atom stereocenters. The molecule has 1 fully saturated rings. The zero-order valence-corrected chi connectivity index (χ0v) is 12.8. The van der Waals surface area contributed by atoms with Crippen molar-refractivity contribution in [3.05, 3.63) is 47.4 Å². The average Bonchev–Trinajstić information content (AvgIpc) is 2.90. The van der Waals surface area contributed by atoms with Crippen LogP contribution in [0.3, 0.4) is 0 Å². The number of nitrogens with zero attached hydrogens (tertiary/aromatic N) is 3. The number of anilines is 1. The molecule has 23 heavy (non-hydrogen) atoms. The van der Waals surface area contributed by atoms with Gasteiger partial charge in [-0.25, -0.2) is 9.97 Å². The molecule has 6 nitrogen and oxygen atoms in total. The number of aromatic nitrogens is 2. The molecule has 2 aliphatic rings. The molecule has 0 amide bonds. The first-order chi connectivity index (χ1) is 11.3. The summed E-state index contributed by atoms with van der Waals surface area (Å²) < 4.78 is 11.3. The Balaban J connectivity index is 1.73. The van der Waals surface area contributed by atoms with Gasteiger partial charge in [0.05, 0.1) is 25.0 Å². The van der Waals surface area contributed by atoms with Crippen molar-refractivity contribution in [1.29, 1.82) is 0 Å². The van der Waals surface area contributed by atoms with Gasteiger partial charge in [0.2, 0.25) is 0 Å². The van der Waals surface area contributed by atoms with Gasteiger partial charge in [0.25, 0.3) is 0 Å². The Hall–Kier alpha value is -2.18. The number of para-hydroxylation sites is 1. The van der Waals surface area contributed by atoms with Crippen molar-refractivity contribution in [3.63, 3.8) is 0 Å². The summed E-state index contributed by atoms with van der Waals surface area (Å²) in [7, 11) is 0. The lowest BCUT2D eigenvalue weighted by Gasteiger charge is -2.25. The fourth-order valence-electron chi connectivity index (χ4n) is 3.13. The molecule has 1 unspecified atom stereocenters. The molecule has 0 aliphatic carbocycles. The van der Waals surface area contributed by atoms with Gasteiger partial charge in [-0.05, 0) is 11.6 Å². The van der Waals surface area contributed by atoms with Crippen molar-refractivity contribution < 1.29 is 14.6 Å². The maximum absolute atomic E-state index is 10.0. The molecule has 3 heterocycles. The summed E-state index contributed by atoms with van der Waals surface area (Å²) in [5, 5.41) is 10.0. The third kappa shape index (κ3) is 2.87. The van der Waals surface area contributed by atoms with Gasteiger partial charge in [0.15, 0.2) is 0 Å². The van der Waals surface area contributed by atoms with E-state index in [4.69, 9.17) is 9.47 Å². The van der Waals surface area contributed by atoms with E-state index in [0.29, 0.717) is 32.9 Å². The van der Waals surface area contributed by atoms with Gasteiger partial charge in [0.1, 0.15) is 24.5 Å². The van der Waals surface area contributed by atoms with E-state index < -0.39 is 6.10 Å². The van der Waals surface area contributed by atoms with Crippen LogP contribution < -0.4 is 9.64 Å². The highest BCUT2D eigenvalue weighted by atomic mass is 16.5. The smallest absolute Gasteiger partial charge is 0.136 e. The van der Waals surface area contributed by atoms with Crippen LogP contribution >= 0.6 is 0 Å². The summed E-state index contributed by atoms with van der Waals surface area (Å²) in [5.74, 6) is 1.77. The molecular weight excluding hydrogens is 294 g/mol. The fraction of sp³-hybridized carbons (Fsp3) is 0.412. The first-order valence-corrected chi connectivity index (χ1v) is 7.85. The first-order valence-electron chi connectivity index (χ1n) is 7.85. The van der Waals surface area contributed by atoms with Crippen LogP contribution in [-0.2, 0) is 17.8 Å². The molecule has 1 aromatic heterocycles. The van der Waals surface area contributed by atoms with E-state index in [1.807, 2.05) is 18.2 Å². The largest absolute Gasteiger partial charge is 0.487 e. The summed E-state index contributed by atoms with van der Waals surface area (Å²) in [6.07, 6.45) is 1.80. The average molecular weight is 313 g/mol. The zero-order chi connectivity index (χ0) is 15.6. The van der Waals surface area contributed by atoms with Crippen LogP contribution in [0, 0.1) is 0 Å². The van der Waals surface area contributed by atoms with Gasteiger partial charge >= 0.3 is 0 Å². The fourth-order valence-corrected chi connectivity index (χ4v) is 3.13. The number of aliphatic hydroxyl groups is 1.